The number of hydrogen-bond donors (Lipinski definition) is 0. The number of ether oxygens (including phenoxy) is 2. The number of amides is 1. The maximum absolute atomic E-state index is 14.1. The van der Waals surface area contributed by atoms with Crippen molar-refractivity contribution in [2.45, 2.75) is 46.1 Å². The van der Waals surface area contributed by atoms with Crippen molar-refractivity contribution in [3.05, 3.63) is 98.1 Å². The van der Waals surface area contributed by atoms with Crippen LogP contribution in [0.4, 0.5) is 10.1 Å². The van der Waals surface area contributed by atoms with Gasteiger partial charge in [-0.3, -0.25) is 14.5 Å². The Morgan fingerprint density at radius 1 is 0.974 bits per heavy atom. The minimum Gasteiger partial charge on any atom is -0.490 e. The van der Waals surface area contributed by atoms with Crippen LogP contribution in [-0.4, -0.2) is 19.1 Å². The lowest BCUT2D eigenvalue weighted by atomic mass is 9.97. The van der Waals surface area contributed by atoms with Gasteiger partial charge in [-0.25, -0.2) is 4.39 Å². The molecule has 0 bridgehead atoms. The quantitative estimate of drug-likeness (QED) is 0.201. The highest BCUT2D eigenvalue weighted by Gasteiger charge is 2.44. The van der Waals surface area contributed by atoms with Gasteiger partial charge in [-0.1, -0.05) is 43.5 Å². The van der Waals surface area contributed by atoms with E-state index in [9.17, 15) is 14.0 Å². The molecule has 2 heterocycles. The molecule has 1 unspecified atom stereocenters. The summed E-state index contributed by atoms with van der Waals surface area (Å²) < 4.78 is 31.9. The van der Waals surface area contributed by atoms with Crippen molar-refractivity contribution in [2.24, 2.45) is 0 Å². The maximum Gasteiger partial charge on any atom is 0.295 e. The van der Waals surface area contributed by atoms with E-state index in [1.54, 1.807) is 24.3 Å². The molecule has 1 aliphatic rings. The van der Waals surface area contributed by atoms with Crippen molar-refractivity contribution in [1.29, 1.82) is 0 Å². The molecular weight excluding hydrogens is 521 g/mol. The average Bonchev–Trinajstić information content (AvgIpc) is 3.22. The van der Waals surface area contributed by atoms with Crippen LogP contribution >= 0.6 is 11.6 Å². The number of fused-ring (bicyclic) bond motifs is 2. The molecule has 39 heavy (non-hydrogen) atoms. The molecule has 0 aliphatic carbocycles. The van der Waals surface area contributed by atoms with Gasteiger partial charge in [0.2, 0.25) is 5.76 Å². The second kappa shape index (κ2) is 11.1. The molecule has 0 saturated carbocycles. The molecule has 0 fully saturated rings. The van der Waals surface area contributed by atoms with Gasteiger partial charge < -0.3 is 13.9 Å². The summed E-state index contributed by atoms with van der Waals surface area (Å²) in [5.74, 6) is -0.0555. The van der Waals surface area contributed by atoms with Crippen LogP contribution in [-0.2, 0) is 0 Å². The van der Waals surface area contributed by atoms with Crippen LogP contribution in [0.1, 0.15) is 66.4 Å². The minimum atomic E-state index is -0.858. The van der Waals surface area contributed by atoms with Crippen molar-refractivity contribution < 1.29 is 23.1 Å². The van der Waals surface area contributed by atoms with Gasteiger partial charge in [0.1, 0.15) is 11.4 Å². The minimum absolute atomic E-state index is 0.0660. The normalized spacial score (nSPS) is 14.6. The first-order valence-electron chi connectivity index (χ1n) is 13.1. The van der Waals surface area contributed by atoms with Crippen molar-refractivity contribution in [3.63, 3.8) is 0 Å². The first-order chi connectivity index (χ1) is 18.8. The average molecular weight is 550 g/mol. The Kier molecular flexibility index (Phi) is 7.62. The van der Waals surface area contributed by atoms with Crippen molar-refractivity contribution >= 4 is 34.2 Å². The van der Waals surface area contributed by atoms with E-state index in [0.29, 0.717) is 41.0 Å². The van der Waals surface area contributed by atoms with Gasteiger partial charge in [0.05, 0.1) is 30.2 Å². The highest BCUT2D eigenvalue weighted by Crippen LogP contribution is 2.44. The van der Waals surface area contributed by atoms with Gasteiger partial charge >= 0.3 is 0 Å². The number of rotatable bonds is 9. The molecule has 0 saturated heterocycles. The summed E-state index contributed by atoms with van der Waals surface area (Å²) in [6, 6.07) is 13.5. The van der Waals surface area contributed by atoms with Crippen LogP contribution in [0.5, 0.6) is 11.5 Å². The number of halogens is 2. The molecule has 5 rings (SSSR count). The van der Waals surface area contributed by atoms with E-state index in [0.717, 1.165) is 30.9 Å². The number of anilines is 1. The van der Waals surface area contributed by atoms with Crippen molar-refractivity contribution in [1.82, 2.24) is 0 Å². The van der Waals surface area contributed by atoms with Gasteiger partial charge in [0, 0.05) is 10.7 Å². The van der Waals surface area contributed by atoms with Crippen LogP contribution in [0.15, 0.2) is 63.8 Å². The molecule has 3 aromatic carbocycles. The van der Waals surface area contributed by atoms with Crippen LogP contribution in [0.3, 0.4) is 0 Å². The van der Waals surface area contributed by atoms with E-state index in [2.05, 4.69) is 6.92 Å². The van der Waals surface area contributed by atoms with Crippen LogP contribution in [0.25, 0.3) is 11.0 Å². The van der Waals surface area contributed by atoms with E-state index >= 15 is 0 Å². The summed E-state index contributed by atoms with van der Waals surface area (Å²) in [6.07, 6.45) is 3.05. The fourth-order valence-corrected chi connectivity index (χ4v) is 5.05. The number of aryl methyl sites for hydroxylation is 1. The van der Waals surface area contributed by atoms with Crippen LogP contribution < -0.4 is 19.8 Å². The maximum atomic E-state index is 14.1. The highest BCUT2D eigenvalue weighted by atomic mass is 35.5. The molecule has 8 heteroatoms. The summed E-state index contributed by atoms with van der Waals surface area (Å²) >= 11 is 6.44. The third-order valence-electron chi connectivity index (χ3n) is 6.85. The summed E-state index contributed by atoms with van der Waals surface area (Å²) in [7, 11) is 0. The molecule has 6 nitrogen and oxygen atoms in total. The molecule has 0 radical (unpaired) electrons. The largest absolute Gasteiger partial charge is 0.490 e. The second-order valence-electron chi connectivity index (χ2n) is 9.52. The van der Waals surface area contributed by atoms with Crippen LogP contribution in [0, 0.1) is 12.7 Å². The van der Waals surface area contributed by atoms with Crippen LogP contribution in [0.2, 0.25) is 5.02 Å². The zero-order valence-electron chi connectivity index (χ0n) is 22.1. The van der Waals surface area contributed by atoms with E-state index in [4.69, 9.17) is 25.5 Å². The smallest absolute Gasteiger partial charge is 0.295 e. The zero-order chi connectivity index (χ0) is 27.7. The Bertz CT molecular complexity index is 1620. The fourth-order valence-electron chi connectivity index (χ4n) is 4.87. The van der Waals surface area contributed by atoms with Crippen molar-refractivity contribution in [2.75, 3.05) is 18.1 Å². The monoisotopic (exact) mass is 549 g/mol. The van der Waals surface area contributed by atoms with Gasteiger partial charge in [0.25, 0.3) is 5.91 Å². The summed E-state index contributed by atoms with van der Waals surface area (Å²) in [5, 5.41) is 0.545. The summed E-state index contributed by atoms with van der Waals surface area (Å²) in [4.78, 5) is 29.1. The topological polar surface area (TPSA) is 69.0 Å². The Labute approximate surface area is 230 Å². The number of carbonyl (C=O) groups excluding carboxylic acids is 1. The van der Waals surface area contributed by atoms with Gasteiger partial charge in [-0.05, 0) is 73.9 Å². The predicted molar refractivity (Wildman–Crippen MR) is 150 cm³/mol. The highest BCUT2D eigenvalue weighted by molar-refractivity contribution is 6.31. The molecule has 1 atom stereocenters. The lowest BCUT2D eigenvalue weighted by Gasteiger charge is -2.26. The molecule has 0 N–H and O–H groups in total. The lowest BCUT2D eigenvalue weighted by molar-refractivity contribution is 0.0971. The molecule has 1 aromatic heterocycles. The molecule has 1 aliphatic heterocycles. The first kappa shape index (κ1) is 26.8. The zero-order valence-corrected chi connectivity index (χ0v) is 22.8. The summed E-state index contributed by atoms with van der Waals surface area (Å²) in [6.45, 7) is 6.82. The van der Waals surface area contributed by atoms with E-state index in [-0.39, 0.29) is 22.3 Å². The number of hydrogen-bond acceptors (Lipinski definition) is 5. The Morgan fingerprint density at radius 3 is 2.54 bits per heavy atom. The summed E-state index contributed by atoms with van der Waals surface area (Å²) in [5.41, 5.74) is 1.77. The number of unbranched alkanes of at least 4 members (excludes halogenated alkanes) is 2. The van der Waals surface area contributed by atoms with Gasteiger partial charge in [-0.2, -0.15) is 0 Å². The number of carbonyl (C=O) groups is 1. The molecule has 4 aromatic rings. The van der Waals surface area contributed by atoms with Crippen molar-refractivity contribution in [3.8, 4) is 11.5 Å². The molecule has 1 amide bonds. The molecular formula is C31H29ClFNO5. The fraction of sp³-hybridized carbons (Fsp3) is 0.290. The first-order valence-corrected chi connectivity index (χ1v) is 13.5. The van der Waals surface area contributed by atoms with Gasteiger partial charge in [-0.15, -0.1) is 0 Å². The SMILES string of the molecule is CCCCCOc1ccc(C2c3c(oc4ccc(F)cc4c3=O)C(=O)N2c2ccc(C)c(Cl)c2)cc1OCC. The third-order valence-corrected chi connectivity index (χ3v) is 7.26. The number of nitrogens with zero attached hydrogens (tertiary/aromatic N) is 1. The molecule has 202 valence electrons. The van der Waals surface area contributed by atoms with E-state index in [1.807, 2.05) is 26.0 Å². The predicted octanol–water partition coefficient (Wildman–Crippen LogP) is 7.61. The standard InChI is InChI=1S/C31H29ClFNO5/c1-4-6-7-14-38-25-12-9-19(15-26(25)37-5-2)28-27-29(35)22-16-20(33)10-13-24(22)39-30(27)31(36)34(28)21-11-8-18(3)23(32)17-21/h8-13,15-17,28H,4-7,14H2,1-3H3. The third kappa shape index (κ3) is 4.99. The molecule has 0 spiro atoms. The van der Waals surface area contributed by atoms with Gasteiger partial charge in [0.15, 0.2) is 16.9 Å². The number of benzene rings is 3. The Hall–Kier alpha value is -3.84. The van der Waals surface area contributed by atoms with E-state index < -0.39 is 23.2 Å². The van der Waals surface area contributed by atoms with E-state index in [1.165, 1.54) is 17.0 Å². The lowest BCUT2D eigenvalue weighted by Crippen LogP contribution is -2.29. The Balaban J connectivity index is 1.69. The Morgan fingerprint density at radius 2 is 1.79 bits per heavy atom. The second-order valence-corrected chi connectivity index (χ2v) is 9.93.